The zero-order valence-corrected chi connectivity index (χ0v) is 9.53. The second-order valence-corrected chi connectivity index (χ2v) is 3.55. The number of hydrogen-bond acceptors (Lipinski definition) is 3. The van der Waals surface area contributed by atoms with Crippen molar-refractivity contribution in [1.29, 1.82) is 0 Å². The van der Waals surface area contributed by atoms with Crippen molar-refractivity contribution in [3.8, 4) is 5.75 Å². The highest BCUT2D eigenvalue weighted by molar-refractivity contribution is 5.74. The van der Waals surface area contributed by atoms with Crippen molar-refractivity contribution in [3.05, 3.63) is 29.3 Å². The average Bonchev–Trinajstić information content (AvgIpc) is 2.22. The van der Waals surface area contributed by atoms with Crippen molar-refractivity contribution < 1.29 is 14.3 Å². The van der Waals surface area contributed by atoms with Gasteiger partial charge >= 0.3 is 5.97 Å². The summed E-state index contributed by atoms with van der Waals surface area (Å²) >= 11 is 0. The van der Waals surface area contributed by atoms with E-state index in [0.29, 0.717) is 0 Å². The number of methoxy groups -OCH3 is 1. The molecule has 3 heteroatoms. The average molecular weight is 208 g/mol. The molecule has 15 heavy (non-hydrogen) atoms. The van der Waals surface area contributed by atoms with Crippen LogP contribution in [0.15, 0.2) is 18.2 Å². The molecule has 0 aliphatic carbocycles. The Hall–Kier alpha value is -1.51. The molecule has 0 saturated heterocycles. The highest BCUT2D eigenvalue weighted by atomic mass is 16.6. The zero-order chi connectivity index (χ0) is 11.4. The molecule has 0 amide bonds. The molecule has 0 aliphatic heterocycles. The van der Waals surface area contributed by atoms with Gasteiger partial charge in [0.15, 0.2) is 6.10 Å². The molecule has 1 aromatic rings. The molecule has 0 aromatic heterocycles. The molecule has 0 spiro atoms. The Morgan fingerprint density at radius 1 is 1.33 bits per heavy atom. The standard InChI is InChI=1S/C12H16O3/c1-8-5-6-9(2)11(7-8)15-10(3)12(13)14-4/h5-7,10H,1-4H3. The Bertz CT molecular complexity index is 358. The van der Waals surface area contributed by atoms with Crippen molar-refractivity contribution in [2.24, 2.45) is 0 Å². The molecule has 0 bridgehead atoms. The van der Waals surface area contributed by atoms with Crippen LogP contribution in [-0.2, 0) is 9.53 Å². The van der Waals surface area contributed by atoms with E-state index >= 15 is 0 Å². The molecule has 0 radical (unpaired) electrons. The van der Waals surface area contributed by atoms with Crippen LogP contribution in [0.2, 0.25) is 0 Å². The lowest BCUT2D eigenvalue weighted by atomic mass is 10.1. The maximum atomic E-state index is 11.2. The van der Waals surface area contributed by atoms with Gasteiger partial charge in [0.2, 0.25) is 0 Å². The summed E-state index contributed by atoms with van der Waals surface area (Å²) in [4.78, 5) is 11.2. The summed E-state index contributed by atoms with van der Waals surface area (Å²) in [5.74, 6) is 0.365. The number of benzene rings is 1. The molecule has 1 atom stereocenters. The van der Waals surface area contributed by atoms with Crippen molar-refractivity contribution in [2.45, 2.75) is 26.9 Å². The maximum Gasteiger partial charge on any atom is 0.346 e. The third-order valence-corrected chi connectivity index (χ3v) is 2.18. The van der Waals surface area contributed by atoms with Gasteiger partial charge in [-0.3, -0.25) is 0 Å². The van der Waals surface area contributed by atoms with Gasteiger partial charge in [0, 0.05) is 0 Å². The number of carbonyl (C=O) groups is 1. The molecule has 1 unspecified atom stereocenters. The molecule has 0 fully saturated rings. The summed E-state index contributed by atoms with van der Waals surface area (Å²) in [5, 5.41) is 0. The van der Waals surface area contributed by atoms with Crippen LogP contribution in [0.1, 0.15) is 18.1 Å². The number of aryl methyl sites for hydroxylation is 2. The lowest BCUT2D eigenvalue weighted by Gasteiger charge is -2.14. The molecule has 0 aliphatic rings. The number of carbonyl (C=O) groups excluding carboxylic acids is 1. The first kappa shape index (κ1) is 11.6. The minimum absolute atomic E-state index is 0.365. The SMILES string of the molecule is COC(=O)C(C)Oc1cc(C)ccc1C. The predicted molar refractivity (Wildman–Crippen MR) is 58.0 cm³/mol. The molecule has 3 nitrogen and oxygen atoms in total. The number of hydrogen-bond donors (Lipinski definition) is 0. The molecule has 0 saturated carbocycles. The normalized spacial score (nSPS) is 12.0. The van der Waals surface area contributed by atoms with Gasteiger partial charge in [0.1, 0.15) is 5.75 Å². The van der Waals surface area contributed by atoms with Crippen molar-refractivity contribution in [3.63, 3.8) is 0 Å². The first-order valence-electron chi connectivity index (χ1n) is 4.86. The Labute approximate surface area is 90.0 Å². The largest absolute Gasteiger partial charge is 0.479 e. The van der Waals surface area contributed by atoms with Crippen molar-refractivity contribution >= 4 is 5.97 Å². The number of ether oxygens (including phenoxy) is 2. The van der Waals surface area contributed by atoms with Crippen LogP contribution in [0.5, 0.6) is 5.75 Å². The summed E-state index contributed by atoms with van der Waals surface area (Å²) in [6.07, 6.45) is -0.574. The van der Waals surface area contributed by atoms with E-state index in [1.807, 2.05) is 32.0 Å². The lowest BCUT2D eigenvalue weighted by molar-refractivity contribution is -0.147. The summed E-state index contributed by atoms with van der Waals surface area (Å²) < 4.78 is 10.1. The Kier molecular flexibility index (Phi) is 3.72. The van der Waals surface area contributed by atoms with Crippen LogP contribution in [0, 0.1) is 13.8 Å². The Morgan fingerprint density at radius 2 is 2.00 bits per heavy atom. The van der Waals surface area contributed by atoms with Gasteiger partial charge in [-0.2, -0.15) is 0 Å². The molecule has 82 valence electrons. The van der Waals surface area contributed by atoms with Crippen molar-refractivity contribution in [2.75, 3.05) is 7.11 Å². The van der Waals surface area contributed by atoms with Crippen LogP contribution in [0.4, 0.5) is 0 Å². The fraction of sp³-hybridized carbons (Fsp3) is 0.417. The molecule has 1 aromatic carbocycles. The lowest BCUT2D eigenvalue weighted by Crippen LogP contribution is -2.25. The monoisotopic (exact) mass is 208 g/mol. The van der Waals surface area contributed by atoms with Gasteiger partial charge in [-0.1, -0.05) is 12.1 Å². The van der Waals surface area contributed by atoms with E-state index in [9.17, 15) is 4.79 Å². The first-order valence-corrected chi connectivity index (χ1v) is 4.86. The summed E-state index contributed by atoms with van der Waals surface area (Å²) in [5.41, 5.74) is 2.11. The van der Waals surface area contributed by atoms with Gasteiger partial charge in [-0.15, -0.1) is 0 Å². The summed E-state index contributed by atoms with van der Waals surface area (Å²) in [6.45, 7) is 5.60. The topological polar surface area (TPSA) is 35.5 Å². The Balaban J connectivity index is 2.80. The molecular formula is C12H16O3. The fourth-order valence-electron chi connectivity index (χ4n) is 1.24. The van der Waals surface area contributed by atoms with Crippen molar-refractivity contribution in [1.82, 2.24) is 0 Å². The maximum absolute atomic E-state index is 11.2. The van der Waals surface area contributed by atoms with E-state index in [1.54, 1.807) is 6.92 Å². The predicted octanol–water partition coefficient (Wildman–Crippen LogP) is 2.24. The summed E-state index contributed by atoms with van der Waals surface area (Å²) in [6, 6.07) is 5.88. The highest BCUT2D eigenvalue weighted by Gasteiger charge is 2.15. The van der Waals surface area contributed by atoms with Gasteiger partial charge < -0.3 is 9.47 Å². The van der Waals surface area contributed by atoms with Crippen LogP contribution in [0.3, 0.4) is 0 Å². The second-order valence-electron chi connectivity index (χ2n) is 3.55. The van der Waals surface area contributed by atoms with E-state index in [4.69, 9.17) is 4.74 Å². The molecule has 0 N–H and O–H groups in total. The minimum atomic E-state index is -0.574. The summed E-state index contributed by atoms with van der Waals surface area (Å²) in [7, 11) is 1.35. The van der Waals surface area contributed by atoms with E-state index in [-0.39, 0.29) is 5.97 Å². The zero-order valence-electron chi connectivity index (χ0n) is 9.53. The van der Waals surface area contributed by atoms with Crippen LogP contribution in [-0.4, -0.2) is 19.2 Å². The third kappa shape index (κ3) is 2.98. The van der Waals surface area contributed by atoms with Gasteiger partial charge in [0.05, 0.1) is 7.11 Å². The molecule has 0 heterocycles. The fourth-order valence-corrected chi connectivity index (χ4v) is 1.24. The molecular weight excluding hydrogens is 192 g/mol. The number of rotatable bonds is 3. The minimum Gasteiger partial charge on any atom is -0.479 e. The van der Waals surface area contributed by atoms with Gasteiger partial charge in [-0.05, 0) is 38.0 Å². The van der Waals surface area contributed by atoms with E-state index in [2.05, 4.69) is 4.74 Å². The van der Waals surface area contributed by atoms with Crippen LogP contribution >= 0.6 is 0 Å². The smallest absolute Gasteiger partial charge is 0.346 e. The van der Waals surface area contributed by atoms with Crippen LogP contribution in [0.25, 0.3) is 0 Å². The number of esters is 1. The van der Waals surface area contributed by atoms with Gasteiger partial charge in [0.25, 0.3) is 0 Å². The van der Waals surface area contributed by atoms with Gasteiger partial charge in [-0.25, -0.2) is 4.79 Å². The van der Waals surface area contributed by atoms with E-state index < -0.39 is 6.10 Å². The third-order valence-electron chi connectivity index (χ3n) is 2.18. The molecule has 1 rings (SSSR count). The quantitative estimate of drug-likeness (QED) is 0.715. The van der Waals surface area contributed by atoms with E-state index in [1.165, 1.54) is 7.11 Å². The second kappa shape index (κ2) is 4.82. The first-order chi connectivity index (χ1) is 7.04. The van der Waals surface area contributed by atoms with E-state index in [0.717, 1.165) is 16.9 Å². The highest BCUT2D eigenvalue weighted by Crippen LogP contribution is 2.20. The Morgan fingerprint density at radius 3 is 2.60 bits per heavy atom. The van der Waals surface area contributed by atoms with Crippen LogP contribution < -0.4 is 4.74 Å².